The van der Waals surface area contributed by atoms with Crippen LogP contribution in [-0.4, -0.2) is 43.3 Å². The highest BCUT2D eigenvalue weighted by Gasteiger charge is 2.21. The molecule has 0 bridgehead atoms. The first kappa shape index (κ1) is 8.11. The summed E-state index contributed by atoms with van der Waals surface area (Å²) >= 11 is 0. The number of likely N-dealkylation sites (tertiary alicyclic amines) is 1. The molecule has 0 aromatic carbocycles. The minimum atomic E-state index is 0.251. The molecule has 62 valence electrons. The number of likely N-dealkylation sites (N-methyl/N-ethyl adjacent to an activating group) is 1. The van der Waals surface area contributed by atoms with Crippen molar-refractivity contribution in [1.82, 2.24) is 9.80 Å². The first-order valence-corrected chi connectivity index (χ1v) is 3.74. The summed E-state index contributed by atoms with van der Waals surface area (Å²) in [5, 5.41) is 0. The number of ketones is 1. The lowest BCUT2D eigenvalue weighted by Crippen LogP contribution is -2.15. The molecule has 0 amide bonds. The Labute approximate surface area is 67.3 Å². The summed E-state index contributed by atoms with van der Waals surface area (Å²) in [7, 11) is 5.79. The Balaban J connectivity index is 2.76. The first-order chi connectivity index (χ1) is 5.11. The van der Waals surface area contributed by atoms with Gasteiger partial charge < -0.3 is 9.80 Å². The van der Waals surface area contributed by atoms with Gasteiger partial charge in [-0.2, -0.15) is 0 Å². The fraction of sp³-hybridized carbons (Fsp3) is 0.625. The number of carbonyl (C=O) groups excluding carboxylic acids is 1. The van der Waals surface area contributed by atoms with E-state index in [4.69, 9.17) is 0 Å². The largest absolute Gasteiger partial charge is 0.382 e. The highest BCUT2D eigenvalue weighted by atomic mass is 16.1. The molecule has 1 saturated heterocycles. The molecule has 0 saturated carbocycles. The van der Waals surface area contributed by atoms with Crippen molar-refractivity contribution in [2.45, 2.75) is 6.42 Å². The highest BCUT2D eigenvalue weighted by Crippen LogP contribution is 2.14. The Morgan fingerprint density at radius 2 is 2.18 bits per heavy atom. The van der Waals surface area contributed by atoms with Crippen LogP contribution in [0.3, 0.4) is 0 Å². The highest BCUT2D eigenvalue weighted by molar-refractivity contribution is 5.96. The van der Waals surface area contributed by atoms with Crippen LogP contribution in [0.15, 0.2) is 11.9 Å². The molecular weight excluding hydrogens is 140 g/mol. The van der Waals surface area contributed by atoms with Crippen LogP contribution < -0.4 is 0 Å². The third-order valence-corrected chi connectivity index (χ3v) is 1.75. The smallest absolute Gasteiger partial charge is 0.182 e. The molecule has 0 aliphatic carbocycles. The van der Waals surface area contributed by atoms with Crippen LogP contribution in [0.1, 0.15) is 6.42 Å². The van der Waals surface area contributed by atoms with Crippen molar-refractivity contribution in [2.24, 2.45) is 0 Å². The van der Waals surface area contributed by atoms with E-state index >= 15 is 0 Å². The number of rotatable bonds is 1. The van der Waals surface area contributed by atoms with E-state index in [1.165, 1.54) is 0 Å². The predicted octanol–water partition coefficient (Wildman–Crippen LogP) is 0.294. The van der Waals surface area contributed by atoms with Crippen LogP contribution in [0, 0.1) is 0 Å². The lowest BCUT2D eigenvalue weighted by Gasteiger charge is -2.13. The normalized spacial score (nSPS) is 21.5. The molecule has 0 atom stereocenters. The summed E-state index contributed by atoms with van der Waals surface area (Å²) < 4.78 is 0. The van der Waals surface area contributed by atoms with Crippen LogP contribution in [-0.2, 0) is 4.79 Å². The first-order valence-electron chi connectivity index (χ1n) is 3.74. The Hall–Kier alpha value is -0.990. The maximum Gasteiger partial charge on any atom is 0.182 e. The summed E-state index contributed by atoms with van der Waals surface area (Å²) in [5.74, 6) is 0.251. The third-order valence-electron chi connectivity index (χ3n) is 1.75. The molecule has 1 fully saturated rings. The van der Waals surface area contributed by atoms with Crippen molar-refractivity contribution in [3.8, 4) is 0 Å². The van der Waals surface area contributed by atoms with Crippen LogP contribution in [0.2, 0.25) is 0 Å². The summed E-state index contributed by atoms with van der Waals surface area (Å²) in [4.78, 5) is 15.1. The van der Waals surface area contributed by atoms with Gasteiger partial charge in [-0.15, -0.1) is 0 Å². The summed E-state index contributed by atoms with van der Waals surface area (Å²) in [5.41, 5.74) is 0.829. The zero-order chi connectivity index (χ0) is 8.43. The Morgan fingerprint density at radius 3 is 2.55 bits per heavy atom. The number of allylic oxidation sites excluding steroid dienone is 1. The van der Waals surface area contributed by atoms with Gasteiger partial charge in [0.05, 0.1) is 5.70 Å². The molecule has 11 heavy (non-hydrogen) atoms. The molecule has 0 unspecified atom stereocenters. The maximum atomic E-state index is 11.2. The van der Waals surface area contributed by atoms with Crippen molar-refractivity contribution in [2.75, 3.05) is 27.7 Å². The average molecular weight is 154 g/mol. The van der Waals surface area contributed by atoms with Gasteiger partial charge in [0.2, 0.25) is 0 Å². The van der Waals surface area contributed by atoms with E-state index in [0.29, 0.717) is 6.42 Å². The molecule has 0 aromatic heterocycles. The summed E-state index contributed by atoms with van der Waals surface area (Å²) in [6.45, 7) is 0.860. The topological polar surface area (TPSA) is 23.6 Å². The summed E-state index contributed by atoms with van der Waals surface area (Å²) in [6, 6.07) is 0. The van der Waals surface area contributed by atoms with Crippen molar-refractivity contribution >= 4 is 5.78 Å². The second-order valence-corrected chi connectivity index (χ2v) is 3.07. The van der Waals surface area contributed by atoms with Crippen molar-refractivity contribution in [1.29, 1.82) is 0 Å². The molecular formula is C8H14N2O. The second kappa shape index (κ2) is 2.95. The molecule has 1 aliphatic heterocycles. The molecule has 1 aliphatic rings. The molecule has 0 spiro atoms. The number of hydrogen-bond acceptors (Lipinski definition) is 3. The van der Waals surface area contributed by atoms with E-state index in [1.807, 2.05) is 37.1 Å². The minimum Gasteiger partial charge on any atom is -0.382 e. The minimum absolute atomic E-state index is 0.251. The van der Waals surface area contributed by atoms with Gasteiger partial charge in [0.25, 0.3) is 0 Å². The fourth-order valence-electron chi connectivity index (χ4n) is 1.15. The quantitative estimate of drug-likeness (QED) is 0.507. The van der Waals surface area contributed by atoms with Gasteiger partial charge in [0.1, 0.15) is 0 Å². The average Bonchev–Trinajstić information content (AvgIpc) is 2.18. The molecule has 3 nitrogen and oxygen atoms in total. The van der Waals surface area contributed by atoms with Gasteiger partial charge >= 0.3 is 0 Å². The van der Waals surface area contributed by atoms with E-state index in [2.05, 4.69) is 0 Å². The monoisotopic (exact) mass is 154 g/mol. The molecule has 0 N–H and O–H groups in total. The van der Waals surface area contributed by atoms with E-state index in [9.17, 15) is 4.79 Å². The van der Waals surface area contributed by atoms with Gasteiger partial charge in [-0.05, 0) is 0 Å². The van der Waals surface area contributed by atoms with E-state index < -0.39 is 0 Å². The van der Waals surface area contributed by atoms with Crippen molar-refractivity contribution in [3.63, 3.8) is 0 Å². The number of nitrogens with zero attached hydrogens (tertiary/aromatic N) is 2. The molecule has 0 radical (unpaired) electrons. The predicted molar refractivity (Wildman–Crippen MR) is 44.0 cm³/mol. The maximum absolute atomic E-state index is 11.2. The lowest BCUT2D eigenvalue weighted by atomic mass is 10.3. The standard InChI is InChI=1S/C8H14N2O/c1-9(2)6-7-8(11)4-5-10(7)3/h6H,4-5H2,1-3H3/b7-6+. The van der Waals surface area contributed by atoms with Crippen LogP contribution in [0.25, 0.3) is 0 Å². The Bertz CT molecular complexity index is 196. The molecule has 1 heterocycles. The van der Waals surface area contributed by atoms with Crippen LogP contribution >= 0.6 is 0 Å². The zero-order valence-corrected chi connectivity index (χ0v) is 7.29. The SMILES string of the molecule is CN(C)/C=C1\C(=O)CCN1C. The van der Waals surface area contributed by atoms with E-state index in [1.54, 1.807) is 0 Å². The molecule has 1 rings (SSSR count). The summed E-state index contributed by atoms with van der Waals surface area (Å²) in [6.07, 6.45) is 2.53. The van der Waals surface area contributed by atoms with Gasteiger partial charge in [-0.1, -0.05) is 0 Å². The van der Waals surface area contributed by atoms with Crippen molar-refractivity contribution < 1.29 is 4.79 Å². The lowest BCUT2D eigenvalue weighted by molar-refractivity contribution is -0.114. The van der Waals surface area contributed by atoms with Gasteiger partial charge in [0, 0.05) is 40.3 Å². The third kappa shape index (κ3) is 1.73. The second-order valence-electron chi connectivity index (χ2n) is 3.07. The molecule has 3 heteroatoms. The van der Waals surface area contributed by atoms with E-state index in [0.717, 1.165) is 12.2 Å². The Kier molecular flexibility index (Phi) is 2.17. The van der Waals surface area contributed by atoms with Gasteiger partial charge in [-0.25, -0.2) is 0 Å². The zero-order valence-electron chi connectivity index (χ0n) is 7.29. The number of Topliss-reactive ketones (excluding diaryl/α,β-unsaturated/α-hetero) is 1. The van der Waals surface area contributed by atoms with E-state index in [-0.39, 0.29) is 5.78 Å². The van der Waals surface area contributed by atoms with Crippen molar-refractivity contribution in [3.05, 3.63) is 11.9 Å². The molecule has 0 aromatic rings. The Morgan fingerprint density at radius 1 is 1.55 bits per heavy atom. The van der Waals surface area contributed by atoms with Crippen LogP contribution in [0.5, 0.6) is 0 Å². The number of carbonyl (C=O) groups is 1. The van der Waals surface area contributed by atoms with Gasteiger partial charge in [0.15, 0.2) is 5.78 Å². The fourth-order valence-corrected chi connectivity index (χ4v) is 1.15. The van der Waals surface area contributed by atoms with Gasteiger partial charge in [-0.3, -0.25) is 4.79 Å². The number of hydrogen-bond donors (Lipinski definition) is 0. The van der Waals surface area contributed by atoms with Crippen LogP contribution in [0.4, 0.5) is 0 Å².